The Bertz CT molecular complexity index is 1050. The SMILES string of the molecule is COCCN1CCCN(Cc2ccc(Nc3nccc(-c4cnc(C)n4C(C)C)n3)cc2)CC1. The lowest BCUT2D eigenvalue weighted by molar-refractivity contribution is 0.149. The van der Waals surface area contributed by atoms with Crippen molar-refractivity contribution in [2.75, 3.05) is 51.8 Å². The van der Waals surface area contributed by atoms with E-state index in [1.807, 2.05) is 19.2 Å². The molecule has 3 heterocycles. The second-order valence-electron chi connectivity index (χ2n) is 9.21. The van der Waals surface area contributed by atoms with Gasteiger partial charge >= 0.3 is 0 Å². The summed E-state index contributed by atoms with van der Waals surface area (Å²) in [5, 5.41) is 3.35. The van der Waals surface area contributed by atoms with Gasteiger partial charge in [0.25, 0.3) is 0 Å². The van der Waals surface area contributed by atoms with Crippen LogP contribution < -0.4 is 5.32 Å². The Kier molecular flexibility index (Phi) is 8.26. The lowest BCUT2D eigenvalue weighted by atomic mass is 10.2. The van der Waals surface area contributed by atoms with Crippen molar-refractivity contribution in [2.24, 2.45) is 0 Å². The van der Waals surface area contributed by atoms with Gasteiger partial charge in [-0.15, -0.1) is 0 Å². The van der Waals surface area contributed by atoms with Crippen LogP contribution >= 0.6 is 0 Å². The molecule has 1 aliphatic heterocycles. The molecule has 0 aliphatic carbocycles. The molecule has 34 heavy (non-hydrogen) atoms. The first-order chi connectivity index (χ1) is 16.5. The quantitative estimate of drug-likeness (QED) is 0.512. The maximum Gasteiger partial charge on any atom is 0.227 e. The highest BCUT2D eigenvalue weighted by Gasteiger charge is 2.15. The number of rotatable bonds is 9. The molecule has 1 N–H and O–H groups in total. The standard InChI is InChI=1S/C26H37N7O/c1-20(2)33-21(3)28-18-25(33)24-10-11-27-26(30-24)29-23-8-6-22(7-9-23)19-32-13-5-12-31(14-15-32)16-17-34-4/h6-11,18,20H,5,12-17,19H2,1-4H3,(H,27,29,30). The molecular formula is C26H37N7O. The summed E-state index contributed by atoms with van der Waals surface area (Å²) in [4.78, 5) is 18.7. The van der Waals surface area contributed by atoms with Crippen LogP contribution in [0, 0.1) is 6.92 Å². The van der Waals surface area contributed by atoms with Gasteiger partial charge < -0.3 is 14.6 Å². The second kappa shape index (κ2) is 11.6. The molecule has 3 aromatic rings. The van der Waals surface area contributed by atoms with Gasteiger partial charge in [-0.3, -0.25) is 9.80 Å². The molecule has 4 rings (SSSR count). The third-order valence-electron chi connectivity index (χ3n) is 6.33. The Morgan fingerprint density at radius 3 is 2.53 bits per heavy atom. The number of anilines is 2. The first-order valence-electron chi connectivity index (χ1n) is 12.2. The van der Waals surface area contributed by atoms with Crippen molar-refractivity contribution in [1.82, 2.24) is 29.3 Å². The van der Waals surface area contributed by atoms with Gasteiger partial charge in [0.15, 0.2) is 0 Å². The maximum atomic E-state index is 5.23. The van der Waals surface area contributed by atoms with E-state index < -0.39 is 0 Å². The molecule has 0 saturated carbocycles. The van der Waals surface area contributed by atoms with Crippen molar-refractivity contribution in [3.05, 3.63) is 54.1 Å². The molecule has 0 spiro atoms. The van der Waals surface area contributed by atoms with Crippen LogP contribution in [0.3, 0.4) is 0 Å². The van der Waals surface area contributed by atoms with Gasteiger partial charge in [0.2, 0.25) is 5.95 Å². The van der Waals surface area contributed by atoms with E-state index in [9.17, 15) is 0 Å². The fourth-order valence-corrected chi connectivity index (χ4v) is 4.56. The normalized spacial score (nSPS) is 15.6. The number of nitrogens with one attached hydrogen (secondary N) is 1. The molecular weight excluding hydrogens is 426 g/mol. The Morgan fingerprint density at radius 1 is 1.00 bits per heavy atom. The number of nitrogens with zero attached hydrogens (tertiary/aromatic N) is 6. The van der Waals surface area contributed by atoms with Crippen LogP contribution in [0.15, 0.2) is 42.7 Å². The van der Waals surface area contributed by atoms with Crippen LogP contribution in [0.1, 0.15) is 37.7 Å². The molecule has 0 unspecified atom stereocenters. The molecule has 1 aliphatic rings. The summed E-state index contributed by atoms with van der Waals surface area (Å²) in [5.41, 5.74) is 4.17. The molecule has 2 aromatic heterocycles. The zero-order valence-corrected chi connectivity index (χ0v) is 20.9. The summed E-state index contributed by atoms with van der Waals surface area (Å²) < 4.78 is 7.43. The van der Waals surface area contributed by atoms with Crippen LogP contribution in [0.25, 0.3) is 11.4 Å². The van der Waals surface area contributed by atoms with Crippen molar-refractivity contribution in [2.45, 2.75) is 39.8 Å². The van der Waals surface area contributed by atoms with Crippen LogP contribution in [-0.2, 0) is 11.3 Å². The monoisotopic (exact) mass is 463 g/mol. The van der Waals surface area contributed by atoms with E-state index in [-0.39, 0.29) is 0 Å². The largest absolute Gasteiger partial charge is 0.383 e. The third kappa shape index (κ3) is 6.20. The van der Waals surface area contributed by atoms with E-state index in [0.29, 0.717) is 12.0 Å². The number of aryl methyl sites for hydroxylation is 1. The minimum atomic E-state index is 0.314. The highest BCUT2D eigenvalue weighted by molar-refractivity contribution is 5.59. The fraction of sp³-hybridized carbons (Fsp3) is 0.500. The van der Waals surface area contributed by atoms with Crippen LogP contribution in [0.2, 0.25) is 0 Å². The number of hydrogen-bond donors (Lipinski definition) is 1. The number of ether oxygens (including phenoxy) is 1. The summed E-state index contributed by atoms with van der Waals surface area (Å²) in [6, 6.07) is 10.8. The molecule has 0 radical (unpaired) electrons. The van der Waals surface area contributed by atoms with Gasteiger partial charge in [0, 0.05) is 51.2 Å². The predicted octanol–water partition coefficient (Wildman–Crippen LogP) is 4.13. The van der Waals surface area contributed by atoms with Crippen LogP contribution in [0.4, 0.5) is 11.6 Å². The van der Waals surface area contributed by atoms with E-state index in [1.165, 1.54) is 12.0 Å². The molecule has 1 aromatic carbocycles. The minimum absolute atomic E-state index is 0.314. The van der Waals surface area contributed by atoms with Crippen LogP contribution in [-0.4, -0.2) is 75.8 Å². The van der Waals surface area contributed by atoms with E-state index in [4.69, 9.17) is 9.72 Å². The molecule has 8 heteroatoms. The molecule has 182 valence electrons. The first kappa shape index (κ1) is 24.3. The number of imidazole rings is 1. The topological polar surface area (TPSA) is 71.3 Å². The van der Waals surface area contributed by atoms with Gasteiger partial charge in [-0.05, 0) is 64.0 Å². The van der Waals surface area contributed by atoms with Gasteiger partial charge in [0.1, 0.15) is 5.82 Å². The Balaban J connectivity index is 1.37. The molecule has 0 amide bonds. The van der Waals surface area contributed by atoms with Crippen molar-refractivity contribution in [3.8, 4) is 11.4 Å². The van der Waals surface area contributed by atoms with E-state index in [1.54, 1.807) is 13.3 Å². The smallest absolute Gasteiger partial charge is 0.227 e. The summed E-state index contributed by atoms with van der Waals surface area (Å²) in [7, 11) is 1.77. The summed E-state index contributed by atoms with van der Waals surface area (Å²) in [5.74, 6) is 1.57. The van der Waals surface area contributed by atoms with E-state index in [0.717, 1.165) is 68.8 Å². The van der Waals surface area contributed by atoms with Gasteiger partial charge in [-0.25, -0.2) is 15.0 Å². The van der Waals surface area contributed by atoms with Crippen LogP contribution in [0.5, 0.6) is 0 Å². The number of benzene rings is 1. The zero-order chi connectivity index (χ0) is 23.9. The summed E-state index contributed by atoms with van der Waals surface area (Å²) >= 11 is 0. The first-order valence-corrected chi connectivity index (χ1v) is 12.2. The van der Waals surface area contributed by atoms with Gasteiger partial charge in [0.05, 0.1) is 24.2 Å². The fourth-order valence-electron chi connectivity index (χ4n) is 4.56. The van der Waals surface area contributed by atoms with Gasteiger partial charge in [-0.2, -0.15) is 0 Å². The Morgan fingerprint density at radius 2 is 1.76 bits per heavy atom. The summed E-state index contributed by atoms with van der Waals surface area (Å²) in [6.07, 6.45) is 4.88. The van der Waals surface area contributed by atoms with Crippen molar-refractivity contribution in [1.29, 1.82) is 0 Å². The molecule has 0 atom stereocenters. The highest BCUT2D eigenvalue weighted by Crippen LogP contribution is 2.24. The molecule has 0 bridgehead atoms. The Labute approximate surface area is 203 Å². The molecule has 1 fully saturated rings. The maximum absolute atomic E-state index is 5.23. The number of aromatic nitrogens is 4. The Hall–Kier alpha value is -2.81. The molecule has 8 nitrogen and oxygen atoms in total. The summed E-state index contributed by atoms with van der Waals surface area (Å²) in [6.45, 7) is 13.6. The highest BCUT2D eigenvalue weighted by atomic mass is 16.5. The van der Waals surface area contributed by atoms with Crippen molar-refractivity contribution >= 4 is 11.6 Å². The predicted molar refractivity (Wildman–Crippen MR) is 136 cm³/mol. The van der Waals surface area contributed by atoms with E-state index in [2.05, 4.69) is 67.8 Å². The minimum Gasteiger partial charge on any atom is -0.383 e. The van der Waals surface area contributed by atoms with Crippen molar-refractivity contribution < 1.29 is 4.74 Å². The van der Waals surface area contributed by atoms with Gasteiger partial charge in [-0.1, -0.05) is 12.1 Å². The third-order valence-corrected chi connectivity index (χ3v) is 6.33. The lowest BCUT2D eigenvalue weighted by Crippen LogP contribution is -2.32. The average molecular weight is 464 g/mol. The average Bonchev–Trinajstić information content (AvgIpc) is 3.09. The zero-order valence-electron chi connectivity index (χ0n) is 20.9. The van der Waals surface area contributed by atoms with Crippen molar-refractivity contribution in [3.63, 3.8) is 0 Å². The van der Waals surface area contributed by atoms with E-state index >= 15 is 0 Å². The number of methoxy groups -OCH3 is 1. The molecule has 1 saturated heterocycles. The lowest BCUT2D eigenvalue weighted by Gasteiger charge is -2.21. The number of hydrogen-bond acceptors (Lipinski definition) is 7. The second-order valence-corrected chi connectivity index (χ2v) is 9.21.